The highest BCUT2D eigenvalue weighted by Gasteiger charge is 2.10. The first-order chi connectivity index (χ1) is 7.07. The first kappa shape index (κ1) is 12.8. The third kappa shape index (κ3) is 3.10. The van der Waals surface area contributed by atoms with Crippen LogP contribution in [0.4, 0.5) is 5.69 Å². The Morgan fingerprint density at radius 2 is 2.20 bits per heavy atom. The normalized spacial score (nSPS) is 10.7. The molecule has 84 valence electrons. The molecule has 4 heteroatoms. The van der Waals surface area contributed by atoms with Gasteiger partial charge in [-0.25, -0.2) is 0 Å². The number of hydrogen-bond donors (Lipinski definition) is 2. The van der Waals surface area contributed by atoms with E-state index in [0.717, 1.165) is 24.0 Å². The van der Waals surface area contributed by atoms with E-state index in [9.17, 15) is 0 Å². The van der Waals surface area contributed by atoms with Gasteiger partial charge in [0.2, 0.25) is 0 Å². The van der Waals surface area contributed by atoms with Crippen LogP contribution in [0.1, 0.15) is 18.1 Å². The molecule has 0 bridgehead atoms. The average molecular weight is 292 g/mol. The second kappa shape index (κ2) is 5.73. The lowest BCUT2D eigenvalue weighted by Gasteiger charge is -2.12. The highest BCUT2D eigenvalue weighted by molar-refractivity contribution is 9.10. The second-order valence-electron chi connectivity index (χ2n) is 3.49. The Hall–Kier alpha value is -0.250. The van der Waals surface area contributed by atoms with Crippen LogP contribution in [-0.2, 0) is 6.42 Å². The number of rotatable bonds is 4. The minimum absolute atomic E-state index is 0.617. The molecule has 0 aliphatic rings. The minimum atomic E-state index is 0.617. The van der Waals surface area contributed by atoms with E-state index >= 15 is 0 Å². The van der Waals surface area contributed by atoms with E-state index in [4.69, 9.17) is 17.3 Å². The SMILES string of the molecule is CCNCCc1c(C)cc(Cl)c(N)c1Br. The molecule has 0 aliphatic carbocycles. The van der Waals surface area contributed by atoms with E-state index < -0.39 is 0 Å². The summed E-state index contributed by atoms with van der Waals surface area (Å²) >= 11 is 9.48. The quantitative estimate of drug-likeness (QED) is 0.661. The first-order valence-corrected chi connectivity index (χ1v) is 6.18. The zero-order valence-electron chi connectivity index (χ0n) is 9.03. The van der Waals surface area contributed by atoms with E-state index in [-0.39, 0.29) is 0 Å². The van der Waals surface area contributed by atoms with Crippen molar-refractivity contribution in [2.75, 3.05) is 18.8 Å². The molecule has 0 fully saturated rings. The van der Waals surface area contributed by atoms with Gasteiger partial charge in [0, 0.05) is 4.47 Å². The van der Waals surface area contributed by atoms with Crippen molar-refractivity contribution in [2.45, 2.75) is 20.3 Å². The number of hydrogen-bond acceptors (Lipinski definition) is 2. The van der Waals surface area contributed by atoms with Crippen molar-refractivity contribution in [3.63, 3.8) is 0 Å². The van der Waals surface area contributed by atoms with Crippen LogP contribution in [0, 0.1) is 6.92 Å². The summed E-state index contributed by atoms with van der Waals surface area (Å²) in [4.78, 5) is 0. The molecule has 1 aromatic rings. The molecule has 0 aromatic heterocycles. The van der Waals surface area contributed by atoms with Gasteiger partial charge in [0.1, 0.15) is 0 Å². The predicted molar refractivity (Wildman–Crippen MR) is 70.5 cm³/mol. The van der Waals surface area contributed by atoms with Gasteiger partial charge < -0.3 is 11.1 Å². The van der Waals surface area contributed by atoms with E-state index in [1.54, 1.807) is 0 Å². The fourth-order valence-corrected chi connectivity index (χ4v) is 2.59. The van der Waals surface area contributed by atoms with Crippen LogP contribution in [0.15, 0.2) is 10.5 Å². The van der Waals surface area contributed by atoms with Gasteiger partial charge in [0.05, 0.1) is 10.7 Å². The number of aryl methyl sites for hydroxylation is 1. The summed E-state index contributed by atoms with van der Waals surface area (Å²) < 4.78 is 0.936. The van der Waals surface area contributed by atoms with Crippen LogP contribution in [-0.4, -0.2) is 13.1 Å². The zero-order chi connectivity index (χ0) is 11.4. The Morgan fingerprint density at radius 1 is 1.53 bits per heavy atom. The number of anilines is 1. The number of nitrogens with two attached hydrogens (primary N) is 1. The fraction of sp³-hybridized carbons (Fsp3) is 0.455. The molecule has 0 spiro atoms. The van der Waals surface area contributed by atoms with Crippen LogP contribution in [0.2, 0.25) is 5.02 Å². The third-order valence-electron chi connectivity index (χ3n) is 2.38. The molecule has 1 aromatic carbocycles. The predicted octanol–water partition coefficient (Wildman–Crippen LogP) is 3.15. The van der Waals surface area contributed by atoms with E-state index in [2.05, 4.69) is 35.1 Å². The van der Waals surface area contributed by atoms with Crippen LogP contribution < -0.4 is 11.1 Å². The Bertz CT molecular complexity index is 353. The maximum atomic E-state index is 5.98. The number of nitrogens with one attached hydrogen (secondary N) is 1. The molecular weight excluding hydrogens is 275 g/mol. The molecule has 3 N–H and O–H groups in total. The molecule has 0 saturated carbocycles. The maximum absolute atomic E-state index is 5.98. The third-order valence-corrected chi connectivity index (χ3v) is 3.60. The van der Waals surface area contributed by atoms with E-state index in [1.165, 1.54) is 11.1 Å². The number of benzene rings is 1. The van der Waals surface area contributed by atoms with Gasteiger partial charge in [-0.15, -0.1) is 0 Å². The highest BCUT2D eigenvalue weighted by Crippen LogP contribution is 2.33. The molecule has 0 amide bonds. The largest absolute Gasteiger partial charge is 0.397 e. The van der Waals surface area contributed by atoms with Crippen molar-refractivity contribution >= 4 is 33.2 Å². The van der Waals surface area contributed by atoms with Crippen LogP contribution in [0.5, 0.6) is 0 Å². The Kier molecular flexibility index (Phi) is 4.90. The molecule has 15 heavy (non-hydrogen) atoms. The van der Waals surface area contributed by atoms with Crippen molar-refractivity contribution in [1.29, 1.82) is 0 Å². The molecule has 0 heterocycles. The number of nitrogen functional groups attached to an aromatic ring is 1. The Morgan fingerprint density at radius 3 is 2.80 bits per heavy atom. The summed E-state index contributed by atoms with van der Waals surface area (Å²) in [5.74, 6) is 0. The van der Waals surface area contributed by atoms with Gasteiger partial charge in [-0.1, -0.05) is 18.5 Å². The lowest BCUT2D eigenvalue weighted by Crippen LogP contribution is -2.17. The molecule has 0 radical (unpaired) electrons. The molecular formula is C11H16BrClN2. The smallest absolute Gasteiger partial charge is 0.0650 e. The first-order valence-electron chi connectivity index (χ1n) is 5.01. The highest BCUT2D eigenvalue weighted by atomic mass is 79.9. The van der Waals surface area contributed by atoms with E-state index in [1.807, 2.05) is 6.07 Å². The Labute approximate surface area is 104 Å². The molecule has 0 unspecified atom stereocenters. The van der Waals surface area contributed by atoms with Gasteiger partial charge in [-0.2, -0.15) is 0 Å². The van der Waals surface area contributed by atoms with Gasteiger partial charge in [0.25, 0.3) is 0 Å². The lowest BCUT2D eigenvalue weighted by molar-refractivity contribution is 0.714. The van der Waals surface area contributed by atoms with Crippen LogP contribution in [0.25, 0.3) is 0 Å². The standard InChI is InChI=1S/C11H16BrClN2/c1-3-15-5-4-8-7(2)6-9(13)11(14)10(8)12/h6,15H,3-5,14H2,1-2H3. The molecule has 2 nitrogen and oxygen atoms in total. The van der Waals surface area contributed by atoms with Crippen molar-refractivity contribution in [2.24, 2.45) is 0 Å². The summed E-state index contributed by atoms with van der Waals surface area (Å²) in [5.41, 5.74) is 8.90. The molecule has 0 atom stereocenters. The lowest BCUT2D eigenvalue weighted by atomic mass is 10.0. The van der Waals surface area contributed by atoms with E-state index in [0.29, 0.717) is 10.7 Å². The van der Waals surface area contributed by atoms with Crippen LogP contribution in [0.3, 0.4) is 0 Å². The van der Waals surface area contributed by atoms with Crippen molar-refractivity contribution in [3.05, 3.63) is 26.7 Å². The van der Waals surface area contributed by atoms with Gasteiger partial charge in [-0.3, -0.25) is 0 Å². The maximum Gasteiger partial charge on any atom is 0.0650 e. The molecule has 0 aliphatic heterocycles. The van der Waals surface area contributed by atoms with Gasteiger partial charge in [0.15, 0.2) is 0 Å². The van der Waals surface area contributed by atoms with Crippen LogP contribution >= 0.6 is 27.5 Å². The monoisotopic (exact) mass is 290 g/mol. The summed E-state index contributed by atoms with van der Waals surface area (Å²) in [7, 11) is 0. The summed E-state index contributed by atoms with van der Waals surface area (Å²) in [6.07, 6.45) is 0.960. The summed E-state index contributed by atoms with van der Waals surface area (Å²) in [6.45, 7) is 6.09. The Balaban J connectivity index is 2.92. The number of halogens is 2. The van der Waals surface area contributed by atoms with Crippen molar-refractivity contribution in [3.8, 4) is 0 Å². The van der Waals surface area contributed by atoms with Gasteiger partial charge in [-0.05, 0) is 59.6 Å². The topological polar surface area (TPSA) is 38.0 Å². The average Bonchev–Trinajstić information content (AvgIpc) is 2.20. The number of likely N-dealkylation sites (N-methyl/N-ethyl adjacent to an activating group) is 1. The second-order valence-corrected chi connectivity index (χ2v) is 4.69. The fourth-order valence-electron chi connectivity index (χ4n) is 1.49. The summed E-state index contributed by atoms with van der Waals surface area (Å²) in [5, 5.41) is 3.91. The molecule has 1 rings (SSSR count). The zero-order valence-corrected chi connectivity index (χ0v) is 11.4. The molecule has 0 saturated heterocycles. The van der Waals surface area contributed by atoms with Crippen molar-refractivity contribution in [1.82, 2.24) is 5.32 Å². The van der Waals surface area contributed by atoms with Gasteiger partial charge >= 0.3 is 0 Å². The minimum Gasteiger partial charge on any atom is -0.397 e. The summed E-state index contributed by atoms with van der Waals surface area (Å²) in [6, 6.07) is 1.92. The van der Waals surface area contributed by atoms with Crippen molar-refractivity contribution < 1.29 is 0 Å².